The second-order valence-electron chi connectivity index (χ2n) is 9.59. The standard InChI is InChI=1S/C27H33F2N3O2.ClH/c1-30-19-22(17-26(30)33)27(34)32(23-8-9-24(28)25(29)18-23)13-5-12-31-14-10-21(11-15-31)16-20-6-3-2-4-7-20;/h2-4,6-9,18,21-22H,5,10-17,19H2,1H3;1H. The van der Waals surface area contributed by atoms with Gasteiger partial charge < -0.3 is 14.7 Å². The van der Waals surface area contributed by atoms with Gasteiger partial charge in [-0.05, 0) is 68.9 Å². The van der Waals surface area contributed by atoms with Crippen LogP contribution in [0.1, 0.15) is 31.2 Å². The Labute approximate surface area is 212 Å². The number of carbonyl (C=O) groups excluding carboxylic acids is 2. The van der Waals surface area contributed by atoms with E-state index in [0.717, 1.165) is 57.5 Å². The topological polar surface area (TPSA) is 43.9 Å². The van der Waals surface area contributed by atoms with E-state index in [2.05, 4.69) is 29.2 Å². The molecule has 190 valence electrons. The number of piperidine rings is 1. The maximum Gasteiger partial charge on any atom is 0.232 e. The molecular weight excluding hydrogens is 472 g/mol. The average Bonchev–Trinajstić information content (AvgIpc) is 3.18. The highest BCUT2D eigenvalue weighted by Crippen LogP contribution is 2.26. The van der Waals surface area contributed by atoms with E-state index in [4.69, 9.17) is 0 Å². The van der Waals surface area contributed by atoms with Crippen LogP contribution in [-0.4, -0.2) is 61.4 Å². The summed E-state index contributed by atoms with van der Waals surface area (Å²) in [4.78, 5) is 30.7. The molecular formula is C27H34ClF2N3O2. The highest BCUT2D eigenvalue weighted by atomic mass is 35.5. The normalized spacial score (nSPS) is 19.0. The van der Waals surface area contributed by atoms with Crippen LogP contribution in [0.2, 0.25) is 0 Å². The summed E-state index contributed by atoms with van der Waals surface area (Å²) in [5.41, 5.74) is 1.73. The van der Waals surface area contributed by atoms with Gasteiger partial charge in [-0.2, -0.15) is 0 Å². The van der Waals surface area contributed by atoms with Crippen molar-refractivity contribution in [3.8, 4) is 0 Å². The van der Waals surface area contributed by atoms with Crippen molar-refractivity contribution in [2.45, 2.75) is 32.1 Å². The number of halogens is 3. The lowest BCUT2D eigenvalue weighted by Gasteiger charge is -2.33. The summed E-state index contributed by atoms with van der Waals surface area (Å²) in [7, 11) is 1.68. The fourth-order valence-electron chi connectivity index (χ4n) is 5.08. The van der Waals surface area contributed by atoms with E-state index < -0.39 is 17.6 Å². The van der Waals surface area contributed by atoms with E-state index in [-0.39, 0.29) is 30.6 Å². The molecule has 4 rings (SSSR count). The van der Waals surface area contributed by atoms with Gasteiger partial charge in [0.1, 0.15) is 0 Å². The molecule has 35 heavy (non-hydrogen) atoms. The van der Waals surface area contributed by atoms with Gasteiger partial charge in [0.2, 0.25) is 11.8 Å². The first kappa shape index (κ1) is 27.1. The maximum absolute atomic E-state index is 13.9. The van der Waals surface area contributed by atoms with Gasteiger partial charge in [0.25, 0.3) is 0 Å². The van der Waals surface area contributed by atoms with Crippen molar-refractivity contribution in [3.05, 3.63) is 65.7 Å². The van der Waals surface area contributed by atoms with Crippen LogP contribution < -0.4 is 4.90 Å². The zero-order chi connectivity index (χ0) is 24.1. The van der Waals surface area contributed by atoms with Crippen LogP contribution in [0.4, 0.5) is 14.5 Å². The zero-order valence-corrected chi connectivity index (χ0v) is 21.0. The molecule has 2 heterocycles. The van der Waals surface area contributed by atoms with E-state index in [1.165, 1.54) is 16.5 Å². The number of hydrogen-bond donors (Lipinski definition) is 0. The number of carbonyl (C=O) groups is 2. The van der Waals surface area contributed by atoms with Gasteiger partial charge in [-0.3, -0.25) is 9.59 Å². The third-order valence-electron chi connectivity index (χ3n) is 7.10. The van der Waals surface area contributed by atoms with Gasteiger partial charge in [0.05, 0.1) is 5.92 Å². The summed E-state index contributed by atoms with van der Waals surface area (Å²) < 4.78 is 27.4. The van der Waals surface area contributed by atoms with Crippen LogP contribution in [0.15, 0.2) is 48.5 Å². The molecule has 0 N–H and O–H groups in total. The van der Waals surface area contributed by atoms with Crippen LogP contribution in [0, 0.1) is 23.5 Å². The fraction of sp³-hybridized carbons (Fsp3) is 0.481. The molecule has 0 radical (unpaired) electrons. The van der Waals surface area contributed by atoms with Crippen LogP contribution in [0.3, 0.4) is 0 Å². The molecule has 0 aliphatic carbocycles. The van der Waals surface area contributed by atoms with Gasteiger partial charge >= 0.3 is 0 Å². The second kappa shape index (κ2) is 12.5. The summed E-state index contributed by atoms with van der Waals surface area (Å²) in [5, 5.41) is 0. The first-order chi connectivity index (χ1) is 16.4. The number of benzene rings is 2. The van der Waals surface area contributed by atoms with E-state index in [9.17, 15) is 18.4 Å². The largest absolute Gasteiger partial charge is 0.345 e. The van der Waals surface area contributed by atoms with E-state index >= 15 is 0 Å². The molecule has 8 heteroatoms. The molecule has 2 aromatic carbocycles. The highest BCUT2D eigenvalue weighted by Gasteiger charge is 2.35. The first-order valence-electron chi connectivity index (χ1n) is 12.2. The Kier molecular flexibility index (Phi) is 9.63. The van der Waals surface area contributed by atoms with Crippen LogP contribution >= 0.6 is 12.4 Å². The molecule has 0 aromatic heterocycles. The average molecular weight is 506 g/mol. The third kappa shape index (κ3) is 7.01. The summed E-state index contributed by atoms with van der Waals surface area (Å²) in [6, 6.07) is 14.2. The van der Waals surface area contributed by atoms with Gasteiger partial charge in [0, 0.05) is 38.3 Å². The Bertz CT molecular complexity index is 999. The number of rotatable bonds is 8. The lowest BCUT2D eigenvalue weighted by Crippen LogP contribution is -2.40. The highest BCUT2D eigenvalue weighted by molar-refractivity contribution is 5.99. The van der Waals surface area contributed by atoms with E-state index in [1.54, 1.807) is 11.9 Å². The Hall–Kier alpha value is -2.51. The third-order valence-corrected chi connectivity index (χ3v) is 7.10. The van der Waals surface area contributed by atoms with Gasteiger partial charge in [-0.1, -0.05) is 30.3 Å². The molecule has 2 amide bonds. The fourth-order valence-corrected chi connectivity index (χ4v) is 5.08. The minimum absolute atomic E-state index is 0. The van der Waals surface area contributed by atoms with Crippen molar-refractivity contribution in [1.82, 2.24) is 9.80 Å². The molecule has 0 saturated carbocycles. The lowest BCUT2D eigenvalue weighted by atomic mass is 9.90. The Morgan fingerprint density at radius 2 is 1.77 bits per heavy atom. The van der Waals surface area contributed by atoms with Gasteiger partial charge in [-0.25, -0.2) is 8.78 Å². The van der Waals surface area contributed by atoms with Crippen molar-refractivity contribution < 1.29 is 18.4 Å². The van der Waals surface area contributed by atoms with E-state index in [0.29, 0.717) is 24.7 Å². The smallest absolute Gasteiger partial charge is 0.232 e. The molecule has 0 spiro atoms. The van der Waals surface area contributed by atoms with Crippen molar-refractivity contribution in [1.29, 1.82) is 0 Å². The predicted molar refractivity (Wildman–Crippen MR) is 136 cm³/mol. The lowest BCUT2D eigenvalue weighted by molar-refractivity contribution is -0.127. The van der Waals surface area contributed by atoms with Crippen molar-refractivity contribution >= 4 is 29.9 Å². The summed E-state index contributed by atoms with van der Waals surface area (Å²) in [6.45, 7) is 3.65. The van der Waals surface area contributed by atoms with Crippen molar-refractivity contribution in [2.24, 2.45) is 11.8 Å². The molecule has 5 nitrogen and oxygen atoms in total. The molecule has 1 atom stereocenters. The number of nitrogens with zero attached hydrogens (tertiary/aromatic N) is 3. The maximum atomic E-state index is 13.9. The molecule has 1 unspecified atom stereocenters. The Morgan fingerprint density at radius 1 is 1.06 bits per heavy atom. The van der Waals surface area contributed by atoms with Gasteiger partial charge in [0.15, 0.2) is 11.6 Å². The quantitative estimate of drug-likeness (QED) is 0.529. The molecule has 2 aliphatic rings. The van der Waals surface area contributed by atoms with Crippen LogP contribution in [0.5, 0.6) is 0 Å². The Morgan fingerprint density at radius 3 is 2.40 bits per heavy atom. The molecule has 0 bridgehead atoms. The predicted octanol–water partition coefficient (Wildman–Crippen LogP) is 4.54. The molecule has 2 aliphatic heterocycles. The summed E-state index contributed by atoms with van der Waals surface area (Å²) in [6.07, 6.45) is 4.30. The number of hydrogen-bond acceptors (Lipinski definition) is 3. The second-order valence-corrected chi connectivity index (χ2v) is 9.59. The summed E-state index contributed by atoms with van der Waals surface area (Å²) in [5.74, 6) is -1.96. The SMILES string of the molecule is CN1CC(C(=O)N(CCCN2CCC(Cc3ccccc3)CC2)c2ccc(F)c(F)c2)CC1=O.Cl. The number of amides is 2. The minimum Gasteiger partial charge on any atom is -0.345 e. The monoisotopic (exact) mass is 505 g/mol. The number of anilines is 1. The number of likely N-dealkylation sites (tertiary alicyclic amines) is 2. The molecule has 2 saturated heterocycles. The summed E-state index contributed by atoms with van der Waals surface area (Å²) >= 11 is 0. The molecule has 2 fully saturated rings. The minimum atomic E-state index is -0.976. The zero-order valence-electron chi connectivity index (χ0n) is 20.2. The van der Waals surface area contributed by atoms with Gasteiger partial charge in [-0.15, -0.1) is 12.4 Å². The Balaban J connectivity index is 0.00000342. The van der Waals surface area contributed by atoms with Crippen molar-refractivity contribution in [2.75, 3.05) is 44.7 Å². The van der Waals surface area contributed by atoms with E-state index in [1.807, 2.05) is 6.07 Å². The van der Waals surface area contributed by atoms with Crippen LogP contribution in [0.25, 0.3) is 0 Å². The van der Waals surface area contributed by atoms with Crippen LogP contribution in [-0.2, 0) is 16.0 Å². The first-order valence-corrected chi connectivity index (χ1v) is 12.2. The van der Waals surface area contributed by atoms with Crippen molar-refractivity contribution in [3.63, 3.8) is 0 Å². The molecule has 2 aromatic rings.